The summed E-state index contributed by atoms with van der Waals surface area (Å²) < 4.78 is 0. The minimum Gasteiger partial charge on any atom is -0.349 e. The van der Waals surface area contributed by atoms with E-state index >= 15 is 0 Å². The van der Waals surface area contributed by atoms with Gasteiger partial charge in [0.2, 0.25) is 0 Å². The Morgan fingerprint density at radius 2 is 1.79 bits per heavy atom. The van der Waals surface area contributed by atoms with Gasteiger partial charge < -0.3 is 10.6 Å². The highest BCUT2D eigenvalue weighted by Gasteiger charge is 2.24. The Morgan fingerprint density at radius 3 is 2.54 bits per heavy atom. The van der Waals surface area contributed by atoms with Gasteiger partial charge in [-0.15, -0.1) is 24.8 Å². The molecule has 1 aliphatic rings. The van der Waals surface area contributed by atoms with Crippen molar-refractivity contribution in [3.8, 4) is 11.3 Å². The van der Waals surface area contributed by atoms with Crippen molar-refractivity contribution in [2.24, 2.45) is 5.92 Å². The molecule has 1 amide bonds. The van der Waals surface area contributed by atoms with Crippen LogP contribution in [0, 0.1) is 5.92 Å². The second-order valence-corrected chi connectivity index (χ2v) is 6.99. The van der Waals surface area contributed by atoms with Crippen LogP contribution in [0.3, 0.4) is 0 Å². The van der Waals surface area contributed by atoms with Crippen molar-refractivity contribution < 1.29 is 4.79 Å². The molecular weight excluding hydrogens is 393 g/mol. The number of carbonyl (C=O) groups is 1. The minimum atomic E-state index is -0.0143. The number of carbonyl (C=O) groups excluding carboxylic acids is 1. The molecule has 0 spiro atoms. The lowest BCUT2D eigenvalue weighted by Gasteiger charge is -2.30. The number of fused-ring (bicyclic) bond motifs is 1. The zero-order chi connectivity index (χ0) is 17.9. The summed E-state index contributed by atoms with van der Waals surface area (Å²) in [4.78, 5) is 17.9. The molecule has 1 fully saturated rings. The molecule has 3 aromatic rings. The maximum absolute atomic E-state index is 13.1. The first-order valence-electron chi connectivity index (χ1n) is 9.19. The van der Waals surface area contributed by atoms with Gasteiger partial charge in [-0.3, -0.25) is 4.79 Å². The van der Waals surface area contributed by atoms with Gasteiger partial charge in [-0.25, -0.2) is 4.98 Å². The van der Waals surface area contributed by atoms with Gasteiger partial charge in [-0.1, -0.05) is 55.5 Å². The summed E-state index contributed by atoms with van der Waals surface area (Å²) in [6.07, 6.45) is 0.960. The van der Waals surface area contributed by atoms with E-state index < -0.39 is 0 Å². The van der Waals surface area contributed by atoms with E-state index in [4.69, 9.17) is 4.98 Å². The number of rotatable bonds is 3. The topological polar surface area (TPSA) is 54.0 Å². The summed E-state index contributed by atoms with van der Waals surface area (Å²) in [6, 6.07) is 20.0. The maximum atomic E-state index is 13.1. The number of hydrogen-bond acceptors (Lipinski definition) is 3. The zero-order valence-electron chi connectivity index (χ0n) is 15.7. The molecule has 1 saturated heterocycles. The summed E-state index contributed by atoms with van der Waals surface area (Å²) in [6.45, 7) is 4.07. The van der Waals surface area contributed by atoms with Crippen molar-refractivity contribution in [3.05, 3.63) is 66.2 Å². The Morgan fingerprint density at radius 1 is 1.07 bits per heavy atom. The van der Waals surface area contributed by atoms with Crippen LogP contribution in [-0.2, 0) is 0 Å². The number of pyridine rings is 1. The summed E-state index contributed by atoms with van der Waals surface area (Å²) in [5.41, 5.74) is 3.38. The molecule has 2 N–H and O–H groups in total. The Hall–Kier alpha value is -2.14. The third-order valence-corrected chi connectivity index (χ3v) is 5.13. The van der Waals surface area contributed by atoms with Crippen LogP contribution in [-0.4, -0.2) is 30.0 Å². The van der Waals surface area contributed by atoms with E-state index in [2.05, 4.69) is 17.6 Å². The van der Waals surface area contributed by atoms with E-state index in [1.165, 1.54) is 0 Å². The average molecular weight is 418 g/mol. The van der Waals surface area contributed by atoms with E-state index in [0.717, 1.165) is 41.7 Å². The quantitative estimate of drug-likeness (QED) is 0.660. The van der Waals surface area contributed by atoms with Crippen LogP contribution in [0.2, 0.25) is 0 Å². The molecule has 1 aliphatic heterocycles. The molecule has 0 radical (unpaired) electrons. The largest absolute Gasteiger partial charge is 0.349 e. The number of halogens is 2. The molecule has 0 saturated carbocycles. The molecule has 148 valence electrons. The number of benzene rings is 2. The molecule has 2 atom stereocenters. The molecule has 4 rings (SSSR count). The summed E-state index contributed by atoms with van der Waals surface area (Å²) >= 11 is 0. The maximum Gasteiger partial charge on any atom is 0.252 e. The second kappa shape index (κ2) is 9.87. The third-order valence-electron chi connectivity index (χ3n) is 5.13. The highest BCUT2D eigenvalue weighted by atomic mass is 35.5. The van der Waals surface area contributed by atoms with Crippen LogP contribution in [0.15, 0.2) is 60.7 Å². The minimum absolute atomic E-state index is 0. The van der Waals surface area contributed by atoms with Gasteiger partial charge in [-0.2, -0.15) is 0 Å². The van der Waals surface area contributed by atoms with Gasteiger partial charge in [0.25, 0.3) is 5.91 Å². The summed E-state index contributed by atoms with van der Waals surface area (Å²) in [5.74, 6) is 0.411. The Balaban J connectivity index is 0.00000140. The van der Waals surface area contributed by atoms with Crippen LogP contribution in [0.25, 0.3) is 22.2 Å². The number of hydrogen-bond donors (Lipinski definition) is 2. The Bertz CT molecular complexity index is 933. The SMILES string of the molecule is CC1CNCCC1NC(=O)c1cc(-c2ccccc2)nc2ccccc12.Cl.Cl. The predicted octanol–water partition coefficient (Wildman–Crippen LogP) is 4.47. The van der Waals surface area contributed by atoms with Crippen LogP contribution in [0.1, 0.15) is 23.7 Å². The van der Waals surface area contributed by atoms with E-state index in [1.807, 2.05) is 60.7 Å². The van der Waals surface area contributed by atoms with Crippen molar-refractivity contribution in [1.29, 1.82) is 0 Å². The van der Waals surface area contributed by atoms with Gasteiger partial charge in [0.1, 0.15) is 0 Å². The monoisotopic (exact) mass is 417 g/mol. The third kappa shape index (κ3) is 4.64. The van der Waals surface area contributed by atoms with E-state index in [1.54, 1.807) is 0 Å². The van der Waals surface area contributed by atoms with Gasteiger partial charge in [0.05, 0.1) is 16.8 Å². The van der Waals surface area contributed by atoms with Crippen LogP contribution in [0.5, 0.6) is 0 Å². The molecule has 0 bridgehead atoms. The zero-order valence-corrected chi connectivity index (χ0v) is 17.4. The van der Waals surface area contributed by atoms with E-state index in [9.17, 15) is 4.79 Å². The normalized spacial score (nSPS) is 18.6. The molecule has 4 nitrogen and oxygen atoms in total. The van der Waals surface area contributed by atoms with Crippen molar-refractivity contribution in [2.45, 2.75) is 19.4 Å². The fraction of sp³-hybridized carbons (Fsp3) is 0.273. The van der Waals surface area contributed by atoms with Gasteiger partial charge in [0.15, 0.2) is 0 Å². The molecule has 2 heterocycles. The fourth-order valence-corrected chi connectivity index (χ4v) is 3.59. The number of amides is 1. The molecule has 0 aliphatic carbocycles. The number of nitrogens with one attached hydrogen (secondary N) is 2. The van der Waals surface area contributed by atoms with Crippen LogP contribution < -0.4 is 10.6 Å². The number of aromatic nitrogens is 1. The molecule has 6 heteroatoms. The molecule has 1 aromatic heterocycles. The number of nitrogens with zero attached hydrogens (tertiary/aromatic N) is 1. The van der Waals surface area contributed by atoms with Crippen LogP contribution >= 0.6 is 24.8 Å². The summed E-state index contributed by atoms with van der Waals surface area (Å²) in [5, 5.41) is 7.52. The first kappa shape index (κ1) is 22.2. The lowest BCUT2D eigenvalue weighted by atomic mass is 9.94. The van der Waals surface area contributed by atoms with Gasteiger partial charge >= 0.3 is 0 Å². The predicted molar refractivity (Wildman–Crippen MR) is 120 cm³/mol. The highest BCUT2D eigenvalue weighted by molar-refractivity contribution is 6.07. The van der Waals surface area contributed by atoms with E-state index in [-0.39, 0.29) is 36.8 Å². The number of para-hydroxylation sites is 1. The first-order chi connectivity index (χ1) is 12.7. The molecule has 2 aromatic carbocycles. The summed E-state index contributed by atoms with van der Waals surface area (Å²) in [7, 11) is 0. The molecular formula is C22H25Cl2N3O. The lowest BCUT2D eigenvalue weighted by molar-refractivity contribution is 0.0916. The Kier molecular flexibility index (Phi) is 7.81. The molecule has 2 unspecified atom stereocenters. The van der Waals surface area contributed by atoms with Crippen LogP contribution in [0.4, 0.5) is 0 Å². The lowest BCUT2D eigenvalue weighted by Crippen LogP contribution is -2.48. The Labute approximate surface area is 178 Å². The first-order valence-corrected chi connectivity index (χ1v) is 9.19. The van der Waals surface area contributed by atoms with Crippen molar-refractivity contribution >= 4 is 41.6 Å². The molecule has 28 heavy (non-hydrogen) atoms. The van der Waals surface area contributed by atoms with Crippen molar-refractivity contribution in [2.75, 3.05) is 13.1 Å². The fourth-order valence-electron chi connectivity index (χ4n) is 3.59. The highest BCUT2D eigenvalue weighted by Crippen LogP contribution is 2.25. The van der Waals surface area contributed by atoms with Crippen molar-refractivity contribution in [3.63, 3.8) is 0 Å². The van der Waals surface area contributed by atoms with Gasteiger partial charge in [0, 0.05) is 17.0 Å². The van der Waals surface area contributed by atoms with E-state index in [0.29, 0.717) is 11.5 Å². The standard InChI is InChI=1S/C22H23N3O.2ClH/c1-15-14-23-12-11-19(15)25-22(26)18-13-21(16-7-3-2-4-8-16)24-20-10-6-5-9-17(18)20;;/h2-10,13,15,19,23H,11-12,14H2,1H3,(H,25,26);2*1H. The smallest absolute Gasteiger partial charge is 0.252 e. The number of piperidine rings is 1. The van der Waals surface area contributed by atoms with Crippen molar-refractivity contribution in [1.82, 2.24) is 15.6 Å². The van der Waals surface area contributed by atoms with Gasteiger partial charge in [-0.05, 0) is 37.6 Å². The average Bonchev–Trinajstić information content (AvgIpc) is 2.69. The second-order valence-electron chi connectivity index (χ2n) is 6.99.